The zero-order valence-electron chi connectivity index (χ0n) is 16.7. The van der Waals surface area contributed by atoms with Gasteiger partial charge in [-0.3, -0.25) is 19.3 Å². The maximum atomic E-state index is 12.7. The van der Waals surface area contributed by atoms with Crippen molar-refractivity contribution < 1.29 is 14.4 Å². The number of aryl methyl sites for hydroxylation is 1. The van der Waals surface area contributed by atoms with Crippen LogP contribution in [0.25, 0.3) is 6.08 Å². The van der Waals surface area contributed by atoms with Gasteiger partial charge in [-0.1, -0.05) is 54.3 Å². The van der Waals surface area contributed by atoms with Gasteiger partial charge in [0.1, 0.15) is 9.32 Å². The predicted molar refractivity (Wildman–Crippen MR) is 129 cm³/mol. The number of nitrogens with two attached hydrogens (primary N) is 1. The molecule has 6 nitrogen and oxygen atoms in total. The number of thioether (sulfide) groups is 1. The van der Waals surface area contributed by atoms with Crippen LogP contribution >= 0.6 is 35.3 Å². The molecule has 1 aromatic carbocycles. The fourth-order valence-corrected chi connectivity index (χ4v) is 6.33. The molecule has 31 heavy (non-hydrogen) atoms. The van der Waals surface area contributed by atoms with Gasteiger partial charge in [-0.15, -0.1) is 11.3 Å². The third-order valence-corrected chi connectivity index (χ3v) is 7.79. The number of benzene rings is 1. The van der Waals surface area contributed by atoms with E-state index >= 15 is 0 Å². The second kappa shape index (κ2) is 9.33. The molecule has 160 valence electrons. The molecule has 4 rings (SSSR count). The lowest BCUT2D eigenvalue weighted by atomic mass is 9.95. The average molecular weight is 472 g/mol. The van der Waals surface area contributed by atoms with Crippen LogP contribution in [0.4, 0.5) is 5.00 Å². The van der Waals surface area contributed by atoms with Crippen LogP contribution in [-0.4, -0.2) is 33.5 Å². The summed E-state index contributed by atoms with van der Waals surface area (Å²) < 4.78 is 0.435. The highest BCUT2D eigenvalue weighted by Gasteiger charge is 2.32. The molecular formula is C22H21N3O3S3. The molecule has 0 spiro atoms. The van der Waals surface area contributed by atoms with Crippen molar-refractivity contribution in [3.05, 3.63) is 56.8 Å². The number of fused-ring (bicyclic) bond motifs is 1. The number of amides is 3. The Hall–Kier alpha value is -2.49. The fourth-order valence-electron chi connectivity index (χ4n) is 3.71. The van der Waals surface area contributed by atoms with Gasteiger partial charge in [-0.2, -0.15) is 0 Å². The van der Waals surface area contributed by atoms with E-state index in [2.05, 4.69) is 5.32 Å². The van der Waals surface area contributed by atoms with Gasteiger partial charge in [0, 0.05) is 17.8 Å². The number of hydrogen-bond donors (Lipinski definition) is 2. The van der Waals surface area contributed by atoms with Gasteiger partial charge in [-0.25, -0.2) is 0 Å². The third-order valence-electron chi connectivity index (χ3n) is 5.20. The minimum Gasteiger partial charge on any atom is -0.365 e. The van der Waals surface area contributed by atoms with Crippen molar-refractivity contribution in [2.75, 3.05) is 11.9 Å². The molecule has 9 heteroatoms. The number of hydrogen-bond acceptors (Lipinski definition) is 6. The van der Waals surface area contributed by atoms with E-state index in [9.17, 15) is 14.4 Å². The molecule has 2 heterocycles. The monoisotopic (exact) mass is 471 g/mol. The first-order valence-corrected chi connectivity index (χ1v) is 12.0. The zero-order chi connectivity index (χ0) is 22.0. The maximum Gasteiger partial charge on any atom is 0.266 e. The van der Waals surface area contributed by atoms with Crippen molar-refractivity contribution in [3.63, 3.8) is 0 Å². The van der Waals surface area contributed by atoms with E-state index in [0.29, 0.717) is 19.8 Å². The van der Waals surface area contributed by atoms with E-state index in [0.717, 1.165) is 41.7 Å². The number of rotatable bonds is 6. The van der Waals surface area contributed by atoms with Crippen molar-refractivity contribution in [1.29, 1.82) is 0 Å². The molecule has 3 N–H and O–H groups in total. The van der Waals surface area contributed by atoms with Crippen LogP contribution in [0.15, 0.2) is 35.2 Å². The zero-order valence-corrected chi connectivity index (χ0v) is 19.1. The number of primary amides is 1. The first-order valence-electron chi connectivity index (χ1n) is 9.98. The van der Waals surface area contributed by atoms with Crippen LogP contribution in [0.5, 0.6) is 0 Å². The molecule has 0 radical (unpaired) electrons. The lowest BCUT2D eigenvalue weighted by Crippen LogP contribution is -2.31. The molecule has 1 aromatic heterocycles. The lowest BCUT2D eigenvalue weighted by Gasteiger charge is -2.14. The molecular weight excluding hydrogens is 450 g/mol. The number of carbonyl (C=O) groups is 3. The smallest absolute Gasteiger partial charge is 0.266 e. The summed E-state index contributed by atoms with van der Waals surface area (Å²) in [5.74, 6) is -0.990. The standard InChI is InChI=1S/C22H21N3O3S3/c23-19(27)18-14-8-4-5-9-15(14)30-20(18)24-17(26)10-11-25-21(28)16(31-22(25)29)12-13-6-2-1-3-7-13/h1-3,6-7,12H,4-5,8-11H2,(H2,23,27)(H,24,26)/b16-12-. The molecule has 0 bridgehead atoms. The molecule has 3 amide bonds. The van der Waals surface area contributed by atoms with Gasteiger partial charge < -0.3 is 11.1 Å². The predicted octanol–water partition coefficient (Wildman–Crippen LogP) is 3.96. The average Bonchev–Trinajstić information content (AvgIpc) is 3.23. The largest absolute Gasteiger partial charge is 0.365 e. The van der Waals surface area contributed by atoms with Gasteiger partial charge in [0.15, 0.2) is 0 Å². The third kappa shape index (κ3) is 4.73. The summed E-state index contributed by atoms with van der Waals surface area (Å²) in [6, 6.07) is 9.54. The van der Waals surface area contributed by atoms with Gasteiger partial charge in [0.25, 0.3) is 11.8 Å². The Morgan fingerprint density at radius 3 is 2.68 bits per heavy atom. The molecule has 2 aromatic rings. The number of nitrogens with zero attached hydrogens (tertiary/aromatic N) is 1. The molecule has 0 unspecified atom stereocenters. The lowest BCUT2D eigenvalue weighted by molar-refractivity contribution is -0.122. The Morgan fingerprint density at radius 2 is 1.94 bits per heavy atom. The van der Waals surface area contributed by atoms with E-state index in [1.807, 2.05) is 30.3 Å². The molecule has 0 atom stereocenters. The summed E-state index contributed by atoms with van der Waals surface area (Å²) in [4.78, 5) is 40.4. The Bertz CT molecular complexity index is 1090. The van der Waals surface area contributed by atoms with Crippen molar-refractivity contribution in [2.45, 2.75) is 32.1 Å². The van der Waals surface area contributed by atoms with E-state index < -0.39 is 5.91 Å². The van der Waals surface area contributed by atoms with Crippen LogP contribution in [0.1, 0.15) is 45.6 Å². The summed E-state index contributed by atoms with van der Waals surface area (Å²) in [5, 5.41) is 3.34. The van der Waals surface area contributed by atoms with Crippen molar-refractivity contribution in [1.82, 2.24) is 4.90 Å². The SMILES string of the molecule is NC(=O)c1c(NC(=O)CCN2C(=O)/C(=C/c3ccccc3)SC2=S)sc2c1CCCC2. The molecule has 1 aliphatic heterocycles. The Kier molecular flexibility index (Phi) is 6.54. The number of thiocarbonyl (C=S) groups is 1. The minimum absolute atomic E-state index is 0.0752. The van der Waals surface area contributed by atoms with Crippen molar-refractivity contribution in [2.24, 2.45) is 5.73 Å². The first kappa shape index (κ1) is 21.7. The number of anilines is 1. The summed E-state index contributed by atoms with van der Waals surface area (Å²) >= 11 is 8.00. The maximum absolute atomic E-state index is 12.7. The van der Waals surface area contributed by atoms with E-state index in [1.165, 1.54) is 28.0 Å². The molecule has 2 aliphatic rings. The van der Waals surface area contributed by atoms with Gasteiger partial charge in [0.2, 0.25) is 5.91 Å². The summed E-state index contributed by atoms with van der Waals surface area (Å²) in [5.41, 5.74) is 7.91. The highest BCUT2D eigenvalue weighted by Crippen LogP contribution is 2.38. The van der Waals surface area contributed by atoms with Gasteiger partial charge in [0.05, 0.1) is 10.5 Å². The molecule has 1 aliphatic carbocycles. The van der Waals surface area contributed by atoms with Gasteiger partial charge in [-0.05, 0) is 42.9 Å². The number of carbonyl (C=O) groups excluding carboxylic acids is 3. The van der Waals surface area contributed by atoms with Crippen LogP contribution in [0, 0.1) is 0 Å². The Balaban J connectivity index is 1.41. The van der Waals surface area contributed by atoms with Crippen LogP contribution in [0.2, 0.25) is 0 Å². The molecule has 1 saturated heterocycles. The molecule has 0 saturated carbocycles. The van der Waals surface area contributed by atoms with E-state index in [1.54, 1.807) is 6.08 Å². The van der Waals surface area contributed by atoms with Crippen LogP contribution < -0.4 is 11.1 Å². The number of thiophene rings is 1. The van der Waals surface area contributed by atoms with Gasteiger partial charge >= 0.3 is 0 Å². The number of nitrogens with one attached hydrogen (secondary N) is 1. The minimum atomic E-state index is -0.516. The van der Waals surface area contributed by atoms with Crippen molar-refractivity contribution >= 4 is 68.4 Å². The normalized spacial score (nSPS) is 17.2. The van der Waals surface area contributed by atoms with Crippen molar-refractivity contribution in [3.8, 4) is 0 Å². The highest BCUT2D eigenvalue weighted by molar-refractivity contribution is 8.26. The molecule has 1 fully saturated rings. The second-order valence-corrected chi connectivity index (χ2v) is 10.1. The van der Waals surface area contributed by atoms with Crippen LogP contribution in [-0.2, 0) is 22.4 Å². The van der Waals surface area contributed by atoms with E-state index in [4.69, 9.17) is 18.0 Å². The summed E-state index contributed by atoms with van der Waals surface area (Å²) in [6.07, 6.45) is 5.68. The second-order valence-electron chi connectivity index (χ2n) is 7.32. The Morgan fingerprint density at radius 1 is 1.19 bits per heavy atom. The highest BCUT2D eigenvalue weighted by atomic mass is 32.2. The summed E-state index contributed by atoms with van der Waals surface area (Å²) in [6.45, 7) is 0.180. The first-order chi connectivity index (χ1) is 14.9. The summed E-state index contributed by atoms with van der Waals surface area (Å²) in [7, 11) is 0. The fraction of sp³-hybridized carbons (Fsp3) is 0.273. The Labute approximate surface area is 193 Å². The van der Waals surface area contributed by atoms with E-state index in [-0.39, 0.29) is 24.8 Å². The topological polar surface area (TPSA) is 92.5 Å². The van der Waals surface area contributed by atoms with Crippen LogP contribution in [0.3, 0.4) is 0 Å². The quantitative estimate of drug-likeness (QED) is 0.492.